The van der Waals surface area contributed by atoms with Gasteiger partial charge in [0.1, 0.15) is 11.6 Å². The summed E-state index contributed by atoms with van der Waals surface area (Å²) in [5.41, 5.74) is -0.542. The molecule has 4 heteroatoms. The van der Waals surface area contributed by atoms with Crippen LogP contribution in [0.2, 0.25) is 0 Å². The summed E-state index contributed by atoms with van der Waals surface area (Å²) >= 11 is 0. The molecule has 0 aromatic carbocycles. The van der Waals surface area contributed by atoms with E-state index in [2.05, 4.69) is 12.2 Å². The number of hydrogen-bond acceptors (Lipinski definition) is 2. The Balaban J connectivity index is 2.21. The highest BCUT2D eigenvalue weighted by molar-refractivity contribution is 5.99. The standard InChI is InChI=1S/C14H24N2O2/c1-5-10-11(17)15-13(2,3)12(18)16(10)9-14(4)7-6-8-14/h10H,5-9H2,1-4H3,(H,15,17). The van der Waals surface area contributed by atoms with Crippen LogP contribution in [0.15, 0.2) is 0 Å². The summed E-state index contributed by atoms with van der Waals surface area (Å²) < 4.78 is 0. The van der Waals surface area contributed by atoms with Gasteiger partial charge in [0.25, 0.3) is 0 Å². The first-order valence-corrected chi connectivity index (χ1v) is 6.92. The van der Waals surface area contributed by atoms with Gasteiger partial charge >= 0.3 is 0 Å². The second kappa shape index (κ2) is 4.25. The molecule has 0 bridgehead atoms. The van der Waals surface area contributed by atoms with Crippen molar-refractivity contribution >= 4 is 11.8 Å². The molecule has 1 N–H and O–H groups in total. The predicted octanol–water partition coefficient (Wildman–Crippen LogP) is 1.69. The molecule has 0 radical (unpaired) electrons. The molecule has 4 nitrogen and oxygen atoms in total. The summed E-state index contributed by atoms with van der Waals surface area (Å²) in [6.45, 7) is 8.48. The maximum Gasteiger partial charge on any atom is 0.248 e. The summed E-state index contributed by atoms with van der Waals surface area (Å²) in [4.78, 5) is 26.4. The maximum absolute atomic E-state index is 12.5. The lowest BCUT2D eigenvalue weighted by Gasteiger charge is -2.48. The van der Waals surface area contributed by atoms with Gasteiger partial charge in [0, 0.05) is 6.54 Å². The van der Waals surface area contributed by atoms with Crippen molar-refractivity contribution in [3.8, 4) is 0 Å². The Morgan fingerprint density at radius 2 is 1.89 bits per heavy atom. The maximum atomic E-state index is 12.5. The summed E-state index contributed by atoms with van der Waals surface area (Å²) in [5.74, 6) is 0.0482. The highest BCUT2D eigenvalue weighted by atomic mass is 16.2. The molecular formula is C14H24N2O2. The molecule has 1 heterocycles. The Kier molecular flexibility index (Phi) is 3.16. The van der Waals surface area contributed by atoms with Gasteiger partial charge in [0.2, 0.25) is 11.8 Å². The van der Waals surface area contributed by atoms with Gasteiger partial charge in [-0.2, -0.15) is 0 Å². The van der Waals surface area contributed by atoms with Gasteiger partial charge in [-0.25, -0.2) is 0 Å². The molecule has 1 saturated carbocycles. The zero-order valence-corrected chi connectivity index (χ0v) is 11.9. The van der Waals surface area contributed by atoms with Crippen LogP contribution in [0, 0.1) is 5.41 Å². The van der Waals surface area contributed by atoms with Crippen molar-refractivity contribution in [2.45, 2.75) is 65.0 Å². The van der Waals surface area contributed by atoms with Crippen LogP contribution in [-0.4, -0.2) is 34.8 Å². The van der Waals surface area contributed by atoms with Crippen LogP contribution in [0.4, 0.5) is 0 Å². The third-order valence-corrected chi connectivity index (χ3v) is 4.41. The molecule has 0 aromatic heterocycles. The van der Waals surface area contributed by atoms with E-state index in [9.17, 15) is 9.59 Å². The fraction of sp³-hybridized carbons (Fsp3) is 0.857. The Labute approximate surface area is 109 Å². The summed E-state index contributed by atoms with van der Waals surface area (Å²) in [7, 11) is 0. The van der Waals surface area contributed by atoms with Crippen molar-refractivity contribution in [1.29, 1.82) is 0 Å². The topological polar surface area (TPSA) is 49.4 Å². The number of nitrogens with zero attached hydrogens (tertiary/aromatic N) is 1. The number of piperazine rings is 1. The summed E-state index contributed by atoms with van der Waals surface area (Å²) in [6.07, 6.45) is 4.25. The average Bonchev–Trinajstić information content (AvgIpc) is 2.23. The van der Waals surface area contributed by atoms with Crippen LogP contribution in [0.3, 0.4) is 0 Å². The van der Waals surface area contributed by atoms with E-state index in [0.717, 1.165) is 19.4 Å². The van der Waals surface area contributed by atoms with E-state index >= 15 is 0 Å². The minimum atomic E-state index is -0.761. The summed E-state index contributed by atoms with van der Waals surface area (Å²) in [5, 5.41) is 2.83. The Bertz CT molecular complexity index is 372. The number of carbonyl (C=O) groups excluding carboxylic acids is 2. The van der Waals surface area contributed by atoms with Crippen LogP contribution in [0.25, 0.3) is 0 Å². The van der Waals surface area contributed by atoms with Crippen molar-refractivity contribution in [1.82, 2.24) is 10.2 Å². The van der Waals surface area contributed by atoms with Crippen molar-refractivity contribution in [2.75, 3.05) is 6.54 Å². The molecule has 0 aromatic rings. The number of rotatable bonds is 3. The van der Waals surface area contributed by atoms with E-state index in [1.54, 1.807) is 13.8 Å². The predicted molar refractivity (Wildman–Crippen MR) is 70.0 cm³/mol. The molecule has 18 heavy (non-hydrogen) atoms. The third kappa shape index (κ3) is 2.13. The Hall–Kier alpha value is -1.06. The van der Waals surface area contributed by atoms with Crippen molar-refractivity contribution in [3.05, 3.63) is 0 Å². The van der Waals surface area contributed by atoms with Gasteiger partial charge in [0.05, 0.1) is 0 Å². The van der Waals surface area contributed by atoms with Gasteiger partial charge in [-0.05, 0) is 38.5 Å². The first-order chi connectivity index (χ1) is 8.29. The minimum Gasteiger partial charge on any atom is -0.340 e. The SMILES string of the molecule is CCC1C(=O)NC(C)(C)C(=O)N1CC1(C)CCC1. The second-order valence-electron chi connectivity index (χ2n) is 6.64. The van der Waals surface area contributed by atoms with Gasteiger partial charge in [-0.3, -0.25) is 9.59 Å². The molecule has 1 aliphatic heterocycles. The van der Waals surface area contributed by atoms with Crippen molar-refractivity contribution in [2.24, 2.45) is 5.41 Å². The first-order valence-electron chi connectivity index (χ1n) is 6.92. The van der Waals surface area contributed by atoms with Gasteiger partial charge in [0.15, 0.2) is 0 Å². The van der Waals surface area contributed by atoms with Gasteiger partial charge in [-0.1, -0.05) is 20.3 Å². The largest absolute Gasteiger partial charge is 0.340 e. The molecule has 1 aliphatic carbocycles. The second-order valence-corrected chi connectivity index (χ2v) is 6.64. The zero-order chi connectivity index (χ0) is 13.6. The molecular weight excluding hydrogens is 228 g/mol. The van der Waals surface area contributed by atoms with Crippen molar-refractivity contribution in [3.63, 3.8) is 0 Å². The Morgan fingerprint density at radius 3 is 2.33 bits per heavy atom. The number of amides is 2. The quantitative estimate of drug-likeness (QED) is 0.831. The average molecular weight is 252 g/mol. The van der Waals surface area contributed by atoms with Crippen molar-refractivity contribution < 1.29 is 9.59 Å². The monoisotopic (exact) mass is 252 g/mol. The molecule has 2 rings (SSSR count). The zero-order valence-electron chi connectivity index (χ0n) is 11.9. The highest BCUT2D eigenvalue weighted by Crippen LogP contribution is 2.42. The molecule has 1 atom stereocenters. The van der Waals surface area contributed by atoms with Crippen LogP contribution >= 0.6 is 0 Å². The molecule has 102 valence electrons. The van der Waals surface area contributed by atoms with E-state index in [1.165, 1.54) is 6.42 Å². The fourth-order valence-corrected chi connectivity index (χ4v) is 3.02. The lowest BCUT2D eigenvalue weighted by atomic mass is 9.69. The number of hydrogen-bond donors (Lipinski definition) is 1. The number of carbonyl (C=O) groups is 2. The Morgan fingerprint density at radius 1 is 1.28 bits per heavy atom. The van der Waals surface area contributed by atoms with Crippen LogP contribution in [-0.2, 0) is 9.59 Å². The third-order valence-electron chi connectivity index (χ3n) is 4.41. The molecule has 1 saturated heterocycles. The molecule has 2 amide bonds. The van der Waals surface area contributed by atoms with Crippen LogP contribution in [0.1, 0.15) is 53.4 Å². The fourth-order valence-electron chi connectivity index (χ4n) is 3.02. The highest BCUT2D eigenvalue weighted by Gasteiger charge is 2.47. The van der Waals surface area contributed by atoms with E-state index < -0.39 is 5.54 Å². The minimum absolute atomic E-state index is 0.00924. The molecule has 2 aliphatic rings. The van der Waals surface area contributed by atoms with E-state index in [0.29, 0.717) is 6.42 Å². The van der Waals surface area contributed by atoms with E-state index in [-0.39, 0.29) is 23.3 Å². The lowest BCUT2D eigenvalue weighted by Crippen LogP contribution is -2.69. The molecule has 2 fully saturated rings. The first kappa shape index (κ1) is 13.4. The normalized spacial score (nSPS) is 29.8. The molecule has 0 spiro atoms. The smallest absolute Gasteiger partial charge is 0.248 e. The summed E-state index contributed by atoms with van der Waals surface area (Å²) in [6, 6.07) is -0.289. The van der Waals surface area contributed by atoms with E-state index in [4.69, 9.17) is 0 Å². The van der Waals surface area contributed by atoms with Gasteiger partial charge < -0.3 is 10.2 Å². The van der Waals surface area contributed by atoms with Gasteiger partial charge in [-0.15, -0.1) is 0 Å². The number of nitrogens with one attached hydrogen (secondary N) is 1. The van der Waals surface area contributed by atoms with Crippen LogP contribution in [0.5, 0.6) is 0 Å². The van der Waals surface area contributed by atoms with Crippen LogP contribution < -0.4 is 5.32 Å². The lowest BCUT2D eigenvalue weighted by molar-refractivity contribution is -0.156. The molecule has 1 unspecified atom stereocenters. The van der Waals surface area contributed by atoms with E-state index in [1.807, 2.05) is 11.8 Å².